The van der Waals surface area contributed by atoms with E-state index in [0.29, 0.717) is 0 Å². The molecule has 1 aromatic rings. The molecule has 0 spiro atoms. The van der Waals surface area contributed by atoms with Crippen LogP contribution in [0.5, 0.6) is 0 Å². The van der Waals surface area contributed by atoms with Crippen molar-refractivity contribution in [2.24, 2.45) is 0 Å². The van der Waals surface area contributed by atoms with E-state index in [1.165, 1.54) is 6.08 Å². The molecule has 0 radical (unpaired) electrons. The Bertz CT molecular complexity index is 377. The van der Waals surface area contributed by atoms with Crippen molar-refractivity contribution < 1.29 is 8.78 Å². The zero-order valence-corrected chi connectivity index (χ0v) is 7.58. The van der Waals surface area contributed by atoms with Crippen molar-refractivity contribution in [1.82, 2.24) is 0 Å². The third-order valence-corrected chi connectivity index (χ3v) is 2.36. The molecule has 0 fully saturated rings. The average molecular weight is 192 g/mol. The average Bonchev–Trinajstić information content (AvgIpc) is 2.23. The van der Waals surface area contributed by atoms with Crippen molar-refractivity contribution in [3.63, 3.8) is 0 Å². The second-order valence-electron chi connectivity index (χ2n) is 3.33. The zero-order valence-electron chi connectivity index (χ0n) is 7.58. The van der Waals surface area contributed by atoms with Gasteiger partial charge in [-0.15, -0.1) is 0 Å². The van der Waals surface area contributed by atoms with Gasteiger partial charge in [0.1, 0.15) is 5.83 Å². The zero-order chi connectivity index (χ0) is 9.97. The summed E-state index contributed by atoms with van der Waals surface area (Å²) in [6.45, 7) is 0. The van der Waals surface area contributed by atoms with E-state index in [4.69, 9.17) is 0 Å². The molecule has 1 aliphatic carbocycles. The summed E-state index contributed by atoms with van der Waals surface area (Å²) in [6.07, 6.45) is 3.04. The number of benzene rings is 1. The summed E-state index contributed by atoms with van der Waals surface area (Å²) in [7, 11) is 0. The Labute approximate surface area is 81.6 Å². The Morgan fingerprint density at radius 3 is 2.43 bits per heavy atom. The van der Waals surface area contributed by atoms with E-state index < -0.39 is 11.7 Å². The van der Waals surface area contributed by atoms with Gasteiger partial charge in [0, 0.05) is 12.3 Å². The molecule has 14 heavy (non-hydrogen) atoms. The first kappa shape index (κ1) is 9.13. The molecule has 0 saturated carbocycles. The fourth-order valence-corrected chi connectivity index (χ4v) is 1.58. The van der Waals surface area contributed by atoms with Crippen LogP contribution in [0.25, 0.3) is 0 Å². The van der Waals surface area contributed by atoms with Crippen LogP contribution in [-0.2, 0) is 0 Å². The third-order valence-electron chi connectivity index (χ3n) is 2.36. The van der Waals surface area contributed by atoms with Gasteiger partial charge in [0.05, 0.1) is 0 Å². The molecule has 0 aromatic heterocycles. The highest BCUT2D eigenvalue weighted by Gasteiger charge is 2.17. The van der Waals surface area contributed by atoms with E-state index in [9.17, 15) is 8.78 Å². The summed E-state index contributed by atoms with van der Waals surface area (Å²) in [5.74, 6) is -1.42. The molecule has 0 amide bonds. The number of halogens is 2. The molecule has 1 aliphatic rings. The van der Waals surface area contributed by atoms with Crippen LogP contribution >= 0.6 is 0 Å². The van der Waals surface area contributed by atoms with Crippen LogP contribution in [0.2, 0.25) is 0 Å². The summed E-state index contributed by atoms with van der Waals surface area (Å²) < 4.78 is 25.7. The number of hydrogen-bond acceptors (Lipinski definition) is 0. The highest BCUT2D eigenvalue weighted by molar-refractivity contribution is 5.32. The predicted octanol–water partition coefficient (Wildman–Crippen LogP) is 3.88. The second kappa shape index (κ2) is 3.74. The highest BCUT2D eigenvalue weighted by atomic mass is 19.2. The third kappa shape index (κ3) is 1.74. The van der Waals surface area contributed by atoms with E-state index in [1.807, 2.05) is 30.3 Å². The minimum Gasteiger partial charge on any atom is -0.209 e. The van der Waals surface area contributed by atoms with Gasteiger partial charge < -0.3 is 0 Å². The van der Waals surface area contributed by atoms with Gasteiger partial charge in [0.2, 0.25) is 0 Å². The Kier molecular flexibility index (Phi) is 2.44. The van der Waals surface area contributed by atoms with Crippen molar-refractivity contribution in [1.29, 1.82) is 0 Å². The topological polar surface area (TPSA) is 0 Å². The van der Waals surface area contributed by atoms with Crippen molar-refractivity contribution in [2.45, 2.75) is 12.3 Å². The summed E-state index contributed by atoms with van der Waals surface area (Å²) in [4.78, 5) is 0. The first-order valence-electron chi connectivity index (χ1n) is 4.54. The maximum atomic E-state index is 13.0. The molecule has 2 rings (SSSR count). The maximum Gasteiger partial charge on any atom is 0.154 e. The van der Waals surface area contributed by atoms with E-state index >= 15 is 0 Å². The van der Waals surface area contributed by atoms with Crippen molar-refractivity contribution >= 4 is 0 Å². The number of hydrogen-bond donors (Lipinski definition) is 0. The van der Waals surface area contributed by atoms with Gasteiger partial charge in [0.15, 0.2) is 5.83 Å². The smallest absolute Gasteiger partial charge is 0.154 e. The van der Waals surface area contributed by atoms with Crippen molar-refractivity contribution in [3.05, 3.63) is 59.7 Å². The summed E-state index contributed by atoms with van der Waals surface area (Å²) in [5, 5.41) is 0. The van der Waals surface area contributed by atoms with Crippen molar-refractivity contribution in [2.75, 3.05) is 0 Å². The van der Waals surface area contributed by atoms with Crippen LogP contribution in [0.15, 0.2) is 54.1 Å². The van der Waals surface area contributed by atoms with Gasteiger partial charge >= 0.3 is 0 Å². The summed E-state index contributed by atoms with van der Waals surface area (Å²) >= 11 is 0. The van der Waals surface area contributed by atoms with E-state index in [1.54, 1.807) is 6.08 Å². The first-order valence-corrected chi connectivity index (χ1v) is 4.54. The minimum absolute atomic E-state index is 0.0318. The summed E-state index contributed by atoms with van der Waals surface area (Å²) in [5.41, 5.74) is 1.02. The van der Waals surface area contributed by atoms with E-state index in [2.05, 4.69) is 0 Å². The molecule has 0 bridgehead atoms. The Balaban J connectivity index is 2.22. The summed E-state index contributed by atoms with van der Waals surface area (Å²) in [6, 6.07) is 9.55. The van der Waals surface area contributed by atoms with Crippen LogP contribution in [0.1, 0.15) is 17.9 Å². The van der Waals surface area contributed by atoms with E-state index in [0.717, 1.165) is 5.56 Å². The van der Waals surface area contributed by atoms with Gasteiger partial charge in [-0.2, -0.15) is 0 Å². The Morgan fingerprint density at radius 1 is 1.07 bits per heavy atom. The predicted molar refractivity (Wildman–Crippen MR) is 52.2 cm³/mol. The Hall–Kier alpha value is -1.44. The lowest BCUT2D eigenvalue weighted by molar-refractivity contribution is 0.501. The largest absolute Gasteiger partial charge is 0.209 e. The lowest BCUT2D eigenvalue weighted by atomic mass is 9.92. The fraction of sp³-hybridized carbons (Fsp3) is 0.167. The molecule has 2 heteroatoms. The molecule has 0 nitrogen and oxygen atoms in total. The van der Waals surface area contributed by atoms with Crippen LogP contribution in [0.4, 0.5) is 8.78 Å². The lowest BCUT2D eigenvalue weighted by Gasteiger charge is -2.15. The molecule has 0 aliphatic heterocycles. The molecule has 0 heterocycles. The quantitative estimate of drug-likeness (QED) is 0.633. The Morgan fingerprint density at radius 2 is 1.79 bits per heavy atom. The van der Waals surface area contributed by atoms with Crippen molar-refractivity contribution in [3.8, 4) is 0 Å². The molecule has 1 atom stereocenters. The van der Waals surface area contributed by atoms with Gasteiger partial charge in [-0.25, -0.2) is 8.78 Å². The van der Waals surface area contributed by atoms with E-state index in [-0.39, 0.29) is 12.3 Å². The number of allylic oxidation sites excluding steroid dienone is 4. The molecular formula is C12H10F2. The molecule has 0 saturated heterocycles. The van der Waals surface area contributed by atoms with Gasteiger partial charge in [-0.1, -0.05) is 36.4 Å². The van der Waals surface area contributed by atoms with Gasteiger partial charge in [-0.05, 0) is 11.6 Å². The molecule has 72 valence electrons. The highest BCUT2D eigenvalue weighted by Crippen LogP contribution is 2.32. The van der Waals surface area contributed by atoms with Crippen LogP contribution in [-0.4, -0.2) is 0 Å². The van der Waals surface area contributed by atoms with Gasteiger partial charge in [0.25, 0.3) is 0 Å². The monoisotopic (exact) mass is 192 g/mol. The lowest BCUT2D eigenvalue weighted by Crippen LogP contribution is -2.00. The second-order valence-corrected chi connectivity index (χ2v) is 3.33. The minimum atomic E-state index is -0.739. The van der Waals surface area contributed by atoms with Crippen LogP contribution in [0, 0.1) is 0 Å². The van der Waals surface area contributed by atoms with Gasteiger partial charge in [-0.3, -0.25) is 0 Å². The maximum absolute atomic E-state index is 13.0. The fourth-order valence-electron chi connectivity index (χ4n) is 1.58. The SMILES string of the molecule is FC1=C(F)CC(c2ccccc2)C=C1. The van der Waals surface area contributed by atoms with Crippen LogP contribution < -0.4 is 0 Å². The standard InChI is InChI=1S/C12H10F2/c13-11-7-6-10(8-12(11)14)9-4-2-1-3-5-9/h1-7,10H,8H2. The molecular weight excluding hydrogens is 182 g/mol. The molecule has 0 N–H and O–H groups in total. The first-order chi connectivity index (χ1) is 6.77. The molecule has 1 unspecified atom stereocenters. The normalized spacial score (nSPS) is 21.4. The number of rotatable bonds is 1. The van der Waals surface area contributed by atoms with Crippen LogP contribution in [0.3, 0.4) is 0 Å². The molecule has 1 aromatic carbocycles.